The van der Waals surface area contributed by atoms with Gasteiger partial charge in [-0.05, 0) is 37.0 Å². The van der Waals surface area contributed by atoms with Crippen LogP contribution in [0.3, 0.4) is 0 Å². The van der Waals surface area contributed by atoms with Crippen molar-refractivity contribution in [2.45, 2.75) is 32.6 Å². The fourth-order valence-electron chi connectivity index (χ4n) is 2.54. The third-order valence-corrected chi connectivity index (χ3v) is 5.40. The molecule has 0 radical (unpaired) electrons. The molecule has 27 heavy (non-hydrogen) atoms. The minimum Gasteiger partial charge on any atom is -0.481 e. The minimum absolute atomic E-state index is 0.0318. The van der Waals surface area contributed by atoms with Gasteiger partial charge in [0.25, 0.3) is 5.91 Å². The van der Waals surface area contributed by atoms with E-state index in [1.807, 2.05) is 37.3 Å². The Morgan fingerprint density at radius 2 is 2.00 bits per heavy atom. The van der Waals surface area contributed by atoms with Crippen LogP contribution in [0.4, 0.5) is 0 Å². The quantitative estimate of drug-likeness (QED) is 0.372. The fourth-order valence-corrected chi connectivity index (χ4v) is 3.84. The number of aryl methyl sites for hydroxylation is 1. The number of nitrogens with zero attached hydrogens (tertiary/aromatic N) is 1. The molecule has 0 bridgehead atoms. The molecule has 1 heterocycles. The van der Waals surface area contributed by atoms with Gasteiger partial charge in [-0.3, -0.25) is 19.3 Å². The lowest BCUT2D eigenvalue weighted by molar-refractivity contribution is -0.137. The summed E-state index contributed by atoms with van der Waals surface area (Å²) in [6.07, 6.45) is 3.04. The molecule has 2 N–H and O–H groups in total. The zero-order chi connectivity index (χ0) is 19.8. The molecule has 1 aliphatic heterocycles. The Morgan fingerprint density at radius 1 is 1.26 bits per heavy atom. The minimum atomic E-state index is -0.877. The van der Waals surface area contributed by atoms with Gasteiger partial charge in [-0.2, -0.15) is 0 Å². The van der Waals surface area contributed by atoms with Crippen molar-refractivity contribution in [3.8, 4) is 0 Å². The largest absolute Gasteiger partial charge is 0.481 e. The van der Waals surface area contributed by atoms with E-state index in [0.29, 0.717) is 35.2 Å². The number of hydrogen-bond donors (Lipinski definition) is 2. The fraction of sp³-hybridized carbons (Fsp3) is 0.368. The molecule has 0 aromatic heterocycles. The van der Waals surface area contributed by atoms with Crippen LogP contribution in [0, 0.1) is 6.92 Å². The summed E-state index contributed by atoms with van der Waals surface area (Å²) in [5.41, 5.74) is 2.07. The summed E-state index contributed by atoms with van der Waals surface area (Å²) in [6, 6.07) is 7.82. The molecule has 1 aromatic rings. The van der Waals surface area contributed by atoms with Gasteiger partial charge in [-0.25, -0.2) is 0 Å². The van der Waals surface area contributed by atoms with Gasteiger partial charge in [0.15, 0.2) is 0 Å². The Morgan fingerprint density at radius 3 is 2.70 bits per heavy atom. The van der Waals surface area contributed by atoms with E-state index in [2.05, 4.69) is 5.32 Å². The average Bonchev–Trinajstić information content (AvgIpc) is 2.88. The van der Waals surface area contributed by atoms with Gasteiger partial charge in [0.2, 0.25) is 5.91 Å². The van der Waals surface area contributed by atoms with Crippen LogP contribution in [0.5, 0.6) is 0 Å². The lowest BCUT2D eigenvalue weighted by atomic mass is 10.1. The van der Waals surface area contributed by atoms with Gasteiger partial charge in [0, 0.05) is 25.9 Å². The first kappa shape index (κ1) is 21.1. The summed E-state index contributed by atoms with van der Waals surface area (Å²) in [5.74, 6) is -1.16. The van der Waals surface area contributed by atoms with Crippen molar-refractivity contribution in [3.05, 3.63) is 40.3 Å². The Balaban J connectivity index is 1.81. The summed E-state index contributed by atoms with van der Waals surface area (Å²) in [5, 5.41) is 11.2. The van der Waals surface area contributed by atoms with E-state index >= 15 is 0 Å². The average molecular weight is 407 g/mol. The maximum Gasteiger partial charge on any atom is 0.303 e. The van der Waals surface area contributed by atoms with E-state index in [1.54, 1.807) is 0 Å². The molecular weight excluding hydrogens is 384 g/mol. The summed E-state index contributed by atoms with van der Waals surface area (Å²) in [4.78, 5) is 36.9. The summed E-state index contributed by atoms with van der Waals surface area (Å²) < 4.78 is 0.502. The molecule has 0 spiro atoms. The van der Waals surface area contributed by atoms with Crippen molar-refractivity contribution in [2.75, 3.05) is 13.1 Å². The van der Waals surface area contributed by atoms with E-state index in [-0.39, 0.29) is 24.7 Å². The molecule has 0 atom stereocenters. The molecule has 1 aliphatic rings. The number of rotatable bonds is 9. The van der Waals surface area contributed by atoms with Crippen molar-refractivity contribution in [1.29, 1.82) is 0 Å². The Labute approximate surface area is 168 Å². The van der Waals surface area contributed by atoms with E-state index in [0.717, 1.165) is 11.1 Å². The number of aliphatic carboxylic acids is 1. The molecular formula is C19H22N2O4S2. The molecule has 2 amide bonds. The van der Waals surface area contributed by atoms with Crippen molar-refractivity contribution in [1.82, 2.24) is 10.2 Å². The van der Waals surface area contributed by atoms with E-state index in [4.69, 9.17) is 17.3 Å². The molecule has 0 unspecified atom stereocenters. The van der Waals surface area contributed by atoms with E-state index < -0.39 is 5.97 Å². The Bertz CT molecular complexity index is 777. The number of thioether (sulfide) groups is 1. The molecule has 1 fully saturated rings. The zero-order valence-electron chi connectivity index (χ0n) is 15.1. The summed E-state index contributed by atoms with van der Waals surface area (Å²) in [7, 11) is 0. The van der Waals surface area contributed by atoms with Crippen LogP contribution in [0.1, 0.15) is 36.8 Å². The number of carboxylic acids is 1. The topological polar surface area (TPSA) is 86.7 Å². The predicted octanol–water partition coefficient (Wildman–Crippen LogP) is 2.96. The smallest absolute Gasteiger partial charge is 0.303 e. The predicted molar refractivity (Wildman–Crippen MR) is 110 cm³/mol. The van der Waals surface area contributed by atoms with E-state index in [1.165, 1.54) is 16.7 Å². The first-order valence-electron chi connectivity index (χ1n) is 8.68. The van der Waals surface area contributed by atoms with Gasteiger partial charge in [0.05, 0.1) is 4.91 Å². The SMILES string of the molecule is Cc1ccccc1/C=C1\SC(=S)N(CCCC(=O)NCCCC(=O)O)C1=O. The summed E-state index contributed by atoms with van der Waals surface area (Å²) >= 11 is 6.58. The molecule has 0 aliphatic carbocycles. The maximum absolute atomic E-state index is 12.6. The van der Waals surface area contributed by atoms with Crippen molar-refractivity contribution >= 4 is 52.2 Å². The highest BCUT2D eigenvalue weighted by Gasteiger charge is 2.31. The van der Waals surface area contributed by atoms with Crippen LogP contribution in [0.2, 0.25) is 0 Å². The second-order valence-electron chi connectivity index (χ2n) is 6.14. The van der Waals surface area contributed by atoms with Gasteiger partial charge < -0.3 is 10.4 Å². The standard InChI is InChI=1S/C19H22N2O4S2/c1-13-6-2-3-7-14(13)12-15-18(25)21(19(26)27-15)11-5-8-16(22)20-10-4-9-17(23)24/h2-3,6-7,12H,4-5,8-11H2,1H3,(H,20,22)(H,23,24)/b15-12-. The van der Waals surface area contributed by atoms with Gasteiger partial charge in [-0.1, -0.05) is 48.2 Å². The molecule has 6 nitrogen and oxygen atoms in total. The molecule has 0 saturated carbocycles. The number of nitrogens with one attached hydrogen (secondary N) is 1. The monoisotopic (exact) mass is 406 g/mol. The van der Waals surface area contributed by atoms with Crippen LogP contribution >= 0.6 is 24.0 Å². The number of thiocarbonyl (C=S) groups is 1. The van der Waals surface area contributed by atoms with Crippen LogP contribution in [-0.2, 0) is 14.4 Å². The Hall–Kier alpha value is -2.19. The van der Waals surface area contributed by atoms with Crippen LogP contribution in [-0.4, -0.2) is 45.2 Å². The maximum atomic E-state index is 12.6. The van der Waals surface area contributed by atoms with Crippen molar-refractivity contribution in [2.24, 2.45) is 0 Å². The highest BCUT2D eigenvalue weighted by atomic mass is 32.2. The second-order valence-corrected chi connectivity index (χ2v) is 7.82. The van der Waals surface area contributed by atoms with Crippen LogP contribution in [0.25, 0.3) is 6.08 Å². The highest BCUT2D eigenvalue weighted by molar-refractivity contribution is 8.26. The number of benzene rings is 1. The number of carbonyl (C=O) groups excluding carboxylic acids is 2. The number of carboxylic acid groups (broad SMARTS) is 1. The zero-order valence-corrected chi connectivity index (χ0v) is 16.7. The first-order chi connectivity index (χ1) is 12.9. The lowest BCUT2D eigenvalue weighted by Crippen LogP contribution is -2.31. The normalized spacial score (nSPS) is 15.4. The third-order valence-electron chi connectivity index (χ3n) is 4.02. The van der Waals surface area contributed by atoms with Crippen LogP contribution in [0.15, 0.2) is 29.2 Å². The van der Waals surface area contributed by atoms with Gasteiger partial charge >= 0.3 is 5.97 Å². The van der Waals surface area contributed by atoms with Gasteiger partial charge in [0.1, 0.15) is 4.32 Å². The number of carbonyl (C=O) groups is 3. The third kappa shape index (κ3) is 6.48. The molecule has 144 valence electrons. The lowest BCUT2D eigenvalue weighted by Gasteiger charge is -2.14. The molecule has 1 aromatic carbocycles. The van der Waals surface area contributed by atoms with Gasteiger partial charge in [-0.15, -0.1) is 0 Å². The van der Waals surface area contributed by atoms with Crippen molar-refractivity contribution < 1.29 is 19.5 Å². The number of hydrogen-bond acceptors (Lipinski definition) is 5. The molecule has 2 rings (SSSR count). The number of amides is 2. The molecule has 1 saturated heterocycles. The van der Waals surface area contributed by atoms with Crippen LogP contribution < -0.4 is 5.32 Å². The first-order valence-corrected chi connectivity index (χ1v) is 9.90. The Kier molecular flexibility index (Phi) is 7.99. The summed E-state index contributed by atoms with van der Waals surface area (Å²) in [6.45, 7) is 2.71. The van der Waals surface area contributed by atoms with Crippen molar-refractivity contribution in [3.63, 3.8) is 0 Å². The van der Waals surface area contributed by atoms with E-state index in [9.17, 15) is 14.4 Å². The molecule has 8 heteroatoms. The second kappa shape index (κ2) is 10.2. The highest BCUT2D eigenvalue weighted by Crippen LogP contribution is 2.33.